The molecular weight excluding hydrogens is 238 g/mol. The molecule has 1 aliphatic rings. The van der Waals surface area contributed by atoms with Gasteiger partial charge in [0.25, 0.3) is 0 Å². The second-order valence-electron chi connectivity index (χ2n) is 4.27. The Balaban J connectivity index is 1.94. The number of nitrogens with two attached hydrogens (primary N) is 1. The minimum absolute atomic E-state index is 0.454. The zero-order valence-electron chi connectivity index (χ0n) is 8.25. The molecule has 2 rings (SSSR count). The van der Waals surface area contributed by atoms with Crippen LogP contribution in [-0.4, -0.2) is 6.04 Å². The predicted octanol–water partition coefficient (Wildman–Crippen LogP) is 3.12. The summed E-state index contributed by atoms with van der Waals surface area (Å²) in [6.45, 7) is 0. The maximum Gasteiger partial charge on any atom is 0.0175 e. The van der Waals surface area contributed by atoms with Crippen LogP contribution in [0, 0.1) is 5.92 Å². The number of hydrogen-bond donors (Lipinski definition) is 1. The molecule has 76 valence electrons. The molecule has 1 aliphatic carbocycles. The molecule has 0 bridgehead atoms. The first-order valence-electron chi connectivity index (χ1n) is 5.24. The molecular formula is C12H16BrN. The third kappa shape index (κ3) is 2.58. The van der Waals surface area contributed by atoms with Crippen LogP contribution >= 0.6 is 15.9 Å². The largest absolute Gasteiger partial charge is 0.328 e. The molecule has 1 nitrogen and oxygen atoms in total. The van der Waals surface area contributed by atoms with Crippen molar-refractivity contribution in [3.05, 3.63) is 34.3 Å². The molecule has 0 saturated heterocycles. The van der Waals surface area contributed by atoms with Crippen molar-refractivity contribution in [1.82, 2.24) is 0 Å². The molecule has 2 unspecified atom stereocenters. The van der Waals surface area contributed by atoms with Crippen molar-refractivity contribution in [2.45, 2.75) is 31.7 Å². The topological polar surface area (TPSA) is 26.0 Å². The van der Waals surface area contributed by atoms with Crippen molar-refractivity contribution in [3.8, 4) is 0 Å². The van der Waals surface area contributed by atoms with Crippen LogP contribution < -0.4 is 5.73 Å². The lowest BCUT2D eigenvalue weighted by Gasteiger charge is -2.09. The quantitative estimate of drug-likeness (QED) is 0.862. The molecule has 14 heavy (non-hydrogen) atoms. The Morgan fingerprint density at radius 3 is 2.50 bits per heavy atom. The first-order chi connectivity index (χ1) is 6.74. The zero-order valence-corrected chi connectivity index (χ0v) is 9.83. The summed E-state index contributed by atoms with van der Waals surface area (Å²) in [6.07, 6.45) is 4.91. The van der Waals surface area contributed by atoms with E-state index in [1.54, 1.807) is 0 Å². The fourth-order valence-corrected chi connectivity index (χ4v) is 2.52. The second-order valence-corrected chi connectivity index (χ2v) is 5.19. The summed E-state index contributed by atoms with van der Waals surface area (Å²) >= 11 is 3.45. The Labute approximate surface area is 93.8 Å². The van der Waals surface area contributed by atoms with E-state index < -0.39 is 0 Å². The van der Waals surface area contributed by atoms with Gasteiger partial charge in [0, 0.05) is 10.5 Å². The highest BCUT2D eigenvalue weighted by Gasteiger charge is 2.21. The van der Waals surface area contributed by atoms with Crippen LogP contribution in [0.25, 0.3) is 0 Å². The van der Waals surface area contributed by atoms with Crippen molar-refractivity contribution in [1.29, 1.82) is 0 Å². The van der Waals surface area contributed by atoms with Crippen LogP contribution in [0.2, 0.25) is 0 Å². The average Bonchev–Trinajstić information content (AvgIpc) is 2.56. The summed E-state index contributed by atoms with van der Waals surface area (Å²) in [5.74, 6) is 0.811. The second kappa shape index (κ2) is 4.45. The van der Waals surface area contributed by atoms with Gasteiger partial charge in [-0.1, -0.05) is 28.1 Å². The van der Waals surface area contributed by atoms with E-state index in [0.29, 0.717) is 6.04 Å². The molecule has 0 aliphatic heterocycles. The molecule has 0 amide bonds. The van der Waals surface area contributed by atoms with E-state index in [0.717, 1.165) is 10.4 Å². The van der Waals surface area contributed by atoms with Gasteiger partial charge in [-0.2, -0.15) is 0 Å². The molecule has 0 radical (unpaired) electrons. The molecule has 1 saturated carbocycles. The summed E-state index contributed by atoms with van der Waals surface area (Å²) < 4.78 is 1.16. The number of halogens is 1. The number of benzene rings is 1. The summed E-state index contributed by atoms with van der Waals surface area (Å²) in [5.41, 5.74) is 7.33. The Morgan fingerprint density at radius 1 is 1.21 bits per heavy atom. The molecule has 2 N–H and O–H groups in total. The normalized spacial score (nSPS) is 26.7. The summed E-state index contributed by atoms with van der Waals surface area (Å²) in [4.78, 5) is 0. The first-order valence-corrected chi connectivity index (χ1v) is 6.03. The van der Waals surface area contributed by atoms with Gasteiger partial charge in [-0.15, -0.1) is 0 Å². The van der Waals surface area contributed by atoms with Gasteiger partial charge in [0.2, 0.25) is 0 Å². The molecule has 2 heteroatoms. The van der Waals surface area contributed by atoms with Crippen LogP contribution in [0.4, 0.5) is 0 Å². The molecule has 0 spiro atoms. The zero-order chi connectivity index (χ0) is 9.97. The Hall–Kier alpha value is -0.340. The van der Waals surface area contributed by atoms with E-state index in [-0.39, 0.29) is 0 Å². The summed E-state index contributed by atoms with van der Waals surface area (Å²) in [5, 5.41) is 0. The van der Waals surface area contributed by atoms with Crippen LogP contribution in [0.3, 0.4) is 0 Å². The lowest BCUT2D eigenvalue weighted by molar-refractivity contribution is 0.535. The molecule has 2 atom stereocenters. The van der Waals surface area contributed by atoms with E-state index in [2.05, 4.69) is 40.2 Å². The van der Waals surface area contributed by atoms with Gasteiger partial charge < -0.3 is 5.73 Å². The Kier molecular flexibility index (Phi) is 3.24. The molecule has 1 fully saturated rings. The minimum atomic E-state index is 0.454. The Bertz CT molecular complexity index is 294. The smallest absolute Gasteiger partial charge is 0.0175 e. The number of hydrogen-bond acceptors (Lipinski definition) is 1. The Morgan fingerprint density at radius 2 is 1.93 bits per heavy atom. The van der Waals surface area contributed by atoms with Crippen LogP contribution in [0.15, 0.2) is 28.7 Å². The molecule has 0 aromatic heterocycles. The van der Waals surface area contributed by atoms with Gasteiger partial charge >= 0.3 is 0 Å². The van der Waals surface area contributed by atoms with Crippen molar-refractivity contribution >= 4 is 15.9 Å². The fraction of sp³-hybridized carbons (Fsp3) is 0.500. The predicted molar refractivity (Wildman–Crippen MR) is 63.2 cm³/mol. The molecule has 0 heterocycles. The molecule has 1 aromatic carbocycles. The third-order valence-corrected chi connectivity index (χ3v) is 3.55. The lowest BCUT2D eigenvalue weighted by Crippen LogP contribution is -2.15. The van der Waals surface area contributed by atoms with Crippen molar-refractivity contribution in [2.24, 2.45) is 11.7 Å². The average molecular weight is 254 g/mol. The maximum atomic E-state index is 5.90. The van der Waals surface area contributed by atoms with Gasteiger partial charge in [-0.05, 0) is 49.3 Å². The van der Waals surface area contributed by atoms with Crippen LogP contribution in [-0.2, 0) is 6.42 Å². The van der Waals surface area contributed by atoms with Gasteiger partial charge in [0.1, 0.15) is 0 Å². The highest BCUT2D eigenvalue weighted by molar-refractivity contribution is 9.10. The molecule has 1 aromatic rings. The van der Waals surface area contributed by atoms with Gasteiger partial charge in [-0.3, -0.25) is 0 Å². The van der Waals surface area contributed by atoms with Crippen molar-refractivity contribution < 1.29 is 0 Å². The lowest BCUT2D eigenvalue weighted by atomic mass is 9.98. The highest BCUT2D eigenvalue weighted by Crippen LogP contribution is 2.27. The van der Waals surface area contributed by atoms with Crippen molar-refractivity contribution in [2.75, 3.05) is 0 Å². The standard InChI is InChI=1S/C12H16BrN/c13-11-4-1-9(2-5-11)7-10-3-6-12(14)8-10/h1-2,4-5,10,12H,3,6-8,14H2. The summed E-state index contributed by atoms with van der Waals surface area (Å²) in [6, 6.07) is 9.09. The van der Waals surface area contributed by atoms with Gasteiger partial charge in [0.05, 0.1) is 0 Å². The van der Waals surface area contributed by atoms with Crippen LogP contribution in [0.1, 0.15) is 24.8 Å². The van der Waals surface area contributed by atoms with Crippen LogP contribution in [0.5, 0.6) is 0 Å². The van der Waals surface area contributed by atoms with Crippen molar-refractivity contribution in [3.63, 3.8) is 0 Å². The monoisotopic (exact) mass is 253 g/mol. The number of rotatable bonds is 2. The van der Waals surface area contributed by atoms with E-state index in [4.69, 9.17) is 5.73 Å². The SMILES string of the molecule is NC1CCC(Cc2ccc(Br)cc2)C1. The van der Waals surface area contributed by atoms with Gasteiger partial charge in [0.15, 0.2) is 0 Å². The highest BCUT2D eigenvalue weighted by atomic mass is 79.9. The van der Waals surface area contributed by atoms with E-state index in [9.17, 15) is 0 Å². The van der Waals surface area contributed by atoms with Gasteiger partial charge in [-0.25, -0.2) is 0 Å². The maximum absolute atomic E-state index is 5.90. The van der Waals surface area contributed by atoms with E-state index >= 15 is 0 Å². The summed E-state index contributed by atoms with van der Waals surface area (Å²) in [7, 11) is 0. The minimum Gasteiger partial charge on any atom is -0.328 e. The third-order valence-electron chi connectivity index (χ3n) is 3.02. The first kappa shape index (κ1) is 10.2. The van der Waals surface area contributed by atoms with E-state index in [1.165, 1.54) is 31.2 Å². The fourth-order valence-electron chi connectivity index (χ4n) is 2.25. The van der Waals surface area contributed by atoms with E-state index in [1.807, 2.05) is 0 Å².